The Morgan fingerprint density at radius 1 is 1.19 bits per heavy atom. The van der Waals surface area contributed by atoms with Crippen LogP contribution in [0.15, 0.2) is 24.3 Å². The van der Waals surface area contributed by atoms with Crippen LogP contribution in [0.2, 0.25) is 0 Å². The van der Waals surface area contributed by atoms with Crippen molar-refractivity contribution in [3.8, 4) is 0 Å². The monoisotopic (exact) mass is 357 g/mol. The van der Waals surface area contributed by atoms with Crippen molar-refractivity contribution in [2.45, 2.75) is 63.8 Å². The number of likely N-dealkylation sites (tertiary alicyclic amines) is 1. The van der Waals surface area contributed by atoms with E-state index < -0.39 is 5.54 Å². The molecule has 0 bridgehead atoms. The van der Waals surface area contributed by atoms with E-state index in [2.05, 4.69) is 24.3 Å². The first-order valence-electron chi connectivity index (χ1n) is 9.77. The Kier molecular flexibility index (Phi) is 5.11. The van der Waals surface area contributed by atoms with Gasteiger partial charge in [0.25, 0.3) is 0 Å². The first-order chi connectivity index (χ1) is 12.3. The summed E-state index contributed by atoms with van der Waals surface area (Å²) in [7, 11) is 0. The molecule has 0 unspecified atom stereocenters. The van der Waals surface area contributed by atoms with Crippen molar-refractivity contribution in [1.29, 1.82) is 0 Å². The number of hydrogen-bond donors (Lipinski definition) is 1. The number of nitrogens with two attached hydrogens (primary N) is 1. The lowest BCUT2D eigenvalue weighted by atomic mass is 9.74. The van der Waals surface area contributed by atoms with E-state index in [1.165, 1.54) is 22.4 Å². The van der Waals surface area contributed by atoms with Crippen LogP contribution in [0, 0.1) is 0 Å². The number of carbonyl (C=O) groups excluding carboxylic acids is 2. The summed E-state index contributed by atoms with van der Waals surface area (Å²) in [5.41, 5.74) is 8.06. The van der Waals surface area contributed by atoms with Gasteiger partial charge < -0.3 is 10.6 Å². The second kappa shape index (κ2) is 7.03. The topological polar surface area (TPSA) is 66.6 Å². The summed E-state index contributed by atoms with van der Waals surface area (Å²) in [5.74, 6) is -0.296. The molecule has 1 heterocycles. The van der Waals surface area contributed by atoms with Gasteiger partial charge in [-0.1, -0.05) is 31.2 Å². The maximum Gasteiger partial charge on any atom is 0.326 e. The second-order valence-electron chi connectivity index (χ2n) is 8.39. The Morgan fingerprint density at radius 2 is 1.85 bits per heavy atom. The van der Waals surface area contributed by atoms with Crippen LogP contribution in [0.5, 0.6) is 0 Å². The van der Waals surface area contributed by atoms with Crippen LogP contribution in [0.25, 0.3) is 0 Å². The number of urea groups is 1. The van der Waals surface area contributed by atoms with E-state index in [0.717, 1.165) is 25.7 Å². The van der Waals surface area contributed by atoms with Crippen LogP contribution >= 0.6 is 0 Å². The normalized spacial score (nSPS) is 18.7. The minimum absolute atomic E-state index is 0.184. The fourth-order valence-electron chi connectivity index (χ4n) is 4.44. The van der Waals surface area contributed by atoms with Gasteiger partial charge in [0.1, 0.15) is 0 Å². The van der Waals surface area contributed by atoms with E-state index in [1.54, 1.807) is 13.8 Å². The molecule has 5 heteroatoms. The molecule has 0 radical (unpaired) electrons. The molecule has 3 amide bonds. The van der Waals surface area contributed by atoms with Gasteiger partial charge in [0.2, 0.25) is 5.91 Å². The third-order valence-corrected chi connectivity index (χ3v) is 5.93. The molecule has 1 aromatic rings. The molecule has 5 nitrogen and oxygen atoms in total. The molecule has 0 saturated carbocycles. The molecule has 1 fully saturated rings. The van der Waals surface area contributed by atoms with Gasteiger partial charge in [-0.05, 0) is 62.5 Å². The molecule has 1 aliphatic carbocycles. The summed E-state index contributed by atoms with van der Waals surface area (Å²) < 4.78 is 0. The van der Waals surface area contributed by atoms with E-state index in [-0.39, 0.29) is 17.4 Å². The lowest BCUT2D eigenvalue weighted by molar-refractivity contribution is -0.133. The number of rotatable bonds is 3. The zero-order valence-corrected chi connectivity index (χ0v) is 16.3. The van der Waals surface area contributed by atoms with E-state index in [0.29, 0.717) is 19.6 Å². The van der Waals surface area contributed by atoms with Gasteiger partial charge in [-0.2, -0.15) is 0 Å². The Labute approximate surface area is 156 Å². The SMILES string of the molecule is CCCN(C(=O)N1CCC2(CCc3ccccc32)CC1)C(=O)C(C)(C)N. The smallest absolute Gasteiger partial charge is 0.324 e. The molecule has 3 rings (SSSR count). The number of fused-ring (bicyclic) bond motifs is 2. The summed E-state index contributed by atoms with van der Waals surface area (Å²) in [5, 5.41) is 0. The number of aryl methyl sites for hydroxylation is 1. The quantitative estimate of drug-likeness (QED) is 0.904. The predicted molar refractivity (Wildman–Crippen MR) is 103 cm³/mol. The average molecular weight is 357 g/mol. The van der Waals surface area contributed by atoms with E-state index in [9.17, 15) is 9.59 Å². The summed E-state index contributed by atoms with van der Waals surface area (Å²) >= 11 is 0. The molecule has 0 aromatic heterocycles. The molecule has 1 aromatic carbocycles. The van der Waals surface area contributed by atoms with Gasteiger partial charge in [-0.25, -0.2) is 4.79 Å². The summed E-state index contributed by atoms with van der Waals surface area (Å²) in [6, 6.07) is 8.53. The van der Waals surface area contributed by atoms with Crippen molar-refractivity contribution in [1.82, 2.24) is 9.80 Å². The highest BCUT2D eigenvalue weighted by Crippen LogP contribution is 2.46. The Hall–Kier alpha value is -1.88. The van der Waals surface area contributed by atoms with Crippen LogP contribution in [-0.2, 0) is 16.6 Å². The van der Waals surface area contributed by atoms with Gasteiger partial charge >= 0.3 is 6.03 Å². The molecular weight excluding hydrogens is 326 g/mol. The minimum atomic E-state index is -1.04. The maximum absolute atomic E-state index is 13.0. The molecular formula is C21H31N3O2. The third-order valence-electron chi connectivity index (χ3n) is 5.93. The fraction of sp³-hybridized carbons (Fsp3) is 0.619. The van der Waals surface area contributed by atoms with E-state index in [4.69, 9.17) is 5.73 Å². The van der Waals surface area contributed by atoms with E-state index in [1.807, 2.05) is 11.8 Å². The number of hydrogen-bond acceptors (Lipinski definition) is 3. The molecule has 1 aliphatic heterocycles. The van der Waals surface area contributed by atoms with Crippen LogP contribution in [0.4, 0.5) is 4.79 Å². The third kappa shape index (κ3) is 3.37. The van der Waals surface area contributed by atoms with Crippen molar-refractivity contribution in [2.75, 3.05) is 19.6 Å². The highest BCUT2D eigenvalue weighted by atomic mass is 16.2. The molecule has 0 atom stereocenters. The Balaban J connectivity index is 1.71. The largest absolute Gasteiger partial charge is 0.326 e. The van der Waals surface area contributed by atoms with Gasteiger partial charge in [-0.15, -0.1) is 0 Å². The molecule has 26 heavy (non-hydrogen) atoms. The summed E-state index contributed by atoms with van der Waals surface area (Å²) in [4.78, 5) is 28.8. The van der Waals surface area contributed by atoms with Gasteiger partial charge in [-0.3, -0.25) is 9.69 Å². The second-order valence-corrected chi connectivity index (χ2v) is 8.39. The van der Waals surface area contributed by atoms with Crippen molar-refractivity contribution >= 4 is 11.9 Å². The summed E-state index contributed by atoms with van der Waals surface area (Å²) in [6.45, 7) is 7.11. The number of benzene rings is 1. The number of imide groups is 1. The van der Waals surface area contributed by atoms with Crippen LogP contribution in [0.3, 0.4) is 0 Å². The molecule has 142 valence electrons. The van der Waals surface area contributed by atoms with Crippen molar-refractivity contribution in [3.63, 3.8) is 0 Å². The van der Waals surface area contributed by atoms with Crippen molar-refractivity contribution in [2.24, 2.45) is 5.73 Å². The molecule has 1 saturated heterocycles. The number of amides is 3. The Bertz CT molecular complexity index is 685. The van der Waals surface area contributed by atoms with Crippen molar-refractivity contribution in [3.05, 3.63) is 35.4 Å². The van der Waals surface area contributed by atoms with E-state index >= 15 is 0 Å². The first kappa shape index (κ1) is 18.9. The number of piperidine rings is 1. The average Bonchev–Trinajstić information content (AvgIpc) is 2.97. The first-order valence-corrected chi connectivity index (χ1v) is 9.77. The highest BCUT2D eigenvalue weighted by molar-refractivity contribution is 5.98. The lowest BCUT2D eigenvalue weighted by Crippen LogP contribution is -2.58. The standard InChI is InChI=1S/C21H31N3O2/c1-4-13-24(18(25)20(2,3)22)19(26)23-14-11-21(12-15-23)10-9-16-7-5-6-8-17(16)21/h5-8H,4,9-15,22H2,1-3H3. The van der Waals surface area contributed by atoms with Gasteiger partial charge in [0.05, 0.1) is 5.54 Å². The predicted octanol–water partition coefficient (Wildman–Crippen LogP) is 3.06. The maximum atomic E-state index is 13.0. The van der Waals surface area contributed by atoms with Crippen molar-refractivity contribution < 1.29 is 9.59 Å². The zero-order chi connectivity index (χ0) is 18.9. The van der Waals surface area contributed by atoms with Crippen LogP contribution < -0.4 is 5.73 Å². The number of nitrogens with zero attached hydrogens (tertiary/aromatic N) is 2. The van der Waals surface area contributed by atoms with Crippen LogP contribution in [0.1, 0.15) is 57.6 Å². The molecule has 2 N–H and O–H groups in total. The van der Waals surface area contributed by atoms with Crippen LogP contribution in [-0.4, -0.2) is 46.9 Å². The van der Waals surface area contributed by atoms with Gasteiger partial charge in [0.15, 0.2) is 0 Å². The fourth-order valence-corrected chi connectivity index (χ4v) is 4.44. The highest BCUT2D eigenvalue weighted by Gasteiger charge is 2.43. The summed E-state index contributed by atoms with van der Waals surface area (Å²) in [6.07, 6.45) is 4.97. The Morgan fingerprint density at radius 3 is 2.46 bits per heavy atom. The zero-order valence-electron chi connectivity index (χ0n) is 16.3. The molecule has 2 aliphatic rings. The lowest BCUT2D eigenvalue weighted by Gasteiger charge is -2.42. The molecule has 1 spiro atoms. The minimum Gasteiger partial charge on any atom is -0.324 e. The van der Waals surface area contributed by atoms with Gasteiger partial charge in [0, 0.05) is 19.6 Å². The number of carbonyl (C=O) groups is 2.